The normalized spacial score (nSPS) is 15.4. The van der Waals surface area contributed by atoms with E-state index in [2.05, 4.69) is 13.8 Å². The Morgan fingerprint density at radius 3 is 2.07 bits per heavy atom. The van der Waals surface area contributed by atoms with Crippen molar-refractivity contribution in [1.29, 1.82) is 0 Å². The van der Waals surface area contributed by atoms with E-state index in [4.69, 9.17) is 0 Å². The highest BCUT2D eigenvalue weighted by atomic mass is 16.3. The molecular weight excluding hydrogens is 172 g/mol. The predicted molar refractivity (Wildman–Crippen MR) is 63.5 cm³/mol. The highest BCUT2D eigenvalue weighted by Gasteiger charge is 2.08. The van der Waals surface area contributed by atoms with Crippen LogP contribution in [0.3, 0.4) is 0 Å². The minimum Gasteiger partial charge on any atom is -0.393 e. The number of rotatable bonds is 9. The van der Waals surface area contributed by atoms with Gasteiger partial charge in [-0.2, -0.15) is 0 Å². The monoisotopic (exact) mass is 200 g/mol. The van der Waals surface area contributed by atoms with Crippen LogP contribution in [0, 0.1) is 5.92 Å². The first-order valence-electron chi connectivity index (χ1n) is 6.38. The van der Waals surface area contributed by atoms with E-state index in [9.17, 15) is 5.11 Å². The summed E-state index contributed by atoms with van der Waals surface area (Å²) in [5.41, 5.74) is 0. The molecule has 1 N–H and O–H groups in total. The average Bonchev–Trinajstić information content (AvgIpc) is 2.14. The lowest BCUT2D eigenvalue weighted by Gasteiger charge is -2.16. The molecule has 0 amide bonds. The van der Waals surface area contributed by atoms with Crippen molar-refractivity contribution < 1.29 is 5.11 Å². The average molecular weight is 200 g/mol. The molecule has 0 radical (unpaired) electrons. The number of hydrogen-bond donors (Lipinski definition) is 1. The number of unbranched alkanes of at least 4 members (excludes halogenated alkanes) is 2. The zero-order valence-corrected chi connectivity index (χ0v) is 10.3. The molecule has 0 aromatic rings. The standard InChI is InChI=1S/C13H28O/c1-4-6-7-9-13(8-5-2)11-10-12(3)14/h12-14H,4-11H2,1-3H3. The van der Waals surface area contributed by atoms with Crippen LogP contribution < -0.4 is 0 Å². The van der Waals surface area contributed by atoms with E-state index in [1.807, 2.05) is 6.92 Å². The molecule has 0 aliphatic heterocycles. The molecule has 0 bridgehead atoms. The summed E-state index contributed by atoms with van der Waals surface area (Å²) in [6, 6.07) is 0. The van der Waals surface area contributed by atoms with Gasteiger partial charge in [-0.1, -0.05) is 52.4 Å². The van der Waals surface area contributed by atoms with Crippen molar-refractivity contribution in [3.8, 4) is 0 Å². The summed E-state index contributed by atoms with van der Waals surface area (Å²) in [6.07, 6.45) is 10.2. The molecule has 0 heterocycles. The van der Waals surface area contributed by atoms with E-state index in [0.717, 1.165) is 12.3 Å². The van der Waals surface area contributed by atoms with E-state index >= 15 is 0 Å². The van der Waals surface area contributed by atoms with Crippen LogP contribution in [0.5, 0.6) is 0 Å². The molecule has 0 saturated heterocycles. The Morgan fingerprint density at radius 1 is 0.857 bits per heavy atom. The van der Waals surface area contributed by atoms with Crippen LogP contribution in [0.25, 0.3) is 0 Å². The van der Waals surface area contributed by atoms with Crippen LogP contribution in [0.1, 0.15) is 72.1 Å². The molecule has 2 atom stereocenters. The van der Waals surface area contributed by atoms with Crippen LogP contribution in [0.15, 0.2) is 0 Å². The molecule has 0 fully saturated rings. The third-order valence-corrected chi connectivity index (χ3v) is 2.91. The van der Waals surface area contributed by atoms with Crippen LogP contribution in [0.2, 0.25) is 0 Å². The highest BCUT2D eigenvalue weighted by molar-refractivity contribution is 4.61. The lowest BCUT2D eigenvalue weighted by Crippen LogP contribution is -2.06. The Hall–Kier alpha value is -0.0400. The van der Waals surface area contributed by atoms with Gasteiger partial charge >= 0.3 is 0 Å². The molecule has 0 aliphatic carbocycles. The van der Waals surface area contributed by atoms with Crippen LogP contribution in [0.4, 0.5) is 0 Å². The molecule has 0 spiro atoms. The molecule has 1 nitrogen and oxygen atoms in total. The molecule has 2 unspecified atom stereocenters. The van der Waals surface area contributed by atoms with Gasteiger partial charge in [0.25, 0.3) is 0 Å². The zero-order chi connectivity index (χ0) is 10.8. The van der Waals surface area contributed by atoms with Crippen molar-refractivity contribution in [1.82, 2.24) is 0 Å². The van der Waals surface area contributed by atoms with E-state index in [1.54, 1.807) is 0 Å². The van der Waals surface area contributed by atoms with Crippen molar-refractivity contribution in [2.75, 3.05) is 0 Å². The third-order valence-electron chi connectivity index (χ3n) is 2.91. The summed E-state index contributed by atoms with van der Waals surface area (Å²) < 4.78 is 0. The van der Waals surface area contributed by atoms with Gasteiger partial charge in [0, 0.05) is 0 Å². The topological polar surface area (TPSA) is 20.2 Å². The van der Waals surface area contributed by atoms with E-state index in [0.29, 0.717) is 0 Å². The van der Waals surface area contributed by atoms with E-state index < -0.39 is 0 Å². The van der Waals surface area contributed by atoms with Gasteiger partial charge in [0.2, 0.25) is 0 Å². The van der Waals surface area contributed by atoms with Crippen molar-refractivity contribution in [2.45, 2.75) is 78.2 Å². The maximum absolute atomic E-state index is 9.24. The Kier molecular flexibility index (Phi) is 9.49. The van der Waals surface area contributed by atoms with E-state index in [-0.39, 0.29) is 6.10 Å². The van der Waals surface area contributed by atoms with Crippen molar-refractivity contribution in [3.63, 3.8) is 0 Å². The van der Waals surface area contributed by atoms with Gasteiger partial charge in [0.15, 0.2) is 0 Å². The molecule has 0 saturated carbocycles. The minimum atomic E-state index is -0.111. The first-order valence-corrected chi connectivity index (χ1v) is 6.38. The second kappa shape index (κ2) is 9.51. The number of aliphatic hydroxyl groups excluding tert-OH is 1. The molecule has 0 aliphatic rings. The zero-order valence-electron chi connectivity index (χ0n) is 10.3. The second-order valence-corrected chi connectivity index (χ2v) is 4.58. The number of hydrogen-bond acceptors (Lipinski definition) is 1. The smallest absolute Gasteiger partial charge is 0.0512 e. The van der Waals surface area contributed by atoms with Crippen LogP contribution in [-0.2, 0) is 0 Å². The SMILES string of the molecule is CCCCCC(CCC)CCC(C)O. The minimum absolute atomic E-state index is 0.111. The van der Waals surface area contributed by atoms with Crippen LogP contribution >= 0.6 is 0 Å². The molecule has 1 heteroatoms. The summed E-state index contributed by atoms with van der Waals surface area (Å²) >= 11 is 0. The fourth-order valence-electron chi connectivity index (χ4n) is 2.00. The Bertz CT molecular complexity index is 110. The molecule has 0 aromatic heterocycles. The van der Waals surface area contributed by atoms with Gasteiger partial charge < -0.3 is 5.11 Å². The molecule has 86 valence electrons. The molecule has 14 heavy (non-hydrogen) atoms. The summed E-state index contributed by atoms with van der Waals surface area (Å²) in [6.45, 7) is 6.41. The predicted octanol–water partition coefficient (Wildman–Crippen LogP) is 4.14. The van der Waals surface area contributed by atoms with Gasteiger partial charge in [0.05, 0.1) is 6.10 Å². The highest BCUT2D eigenvalue weighted by Crippen LogP contribution is 2.21. The van der Waals surface area contributed by atoms with Gasteiger partial charge in [-0.25, -0.2) is 0 Å². The first-order chi connectivity index (χ1) is 6.70. The van der Waals surface area contributed by atoms with Gasteiger partial charge in [0.1, 0.15) is 0 Å². The maximum atomic E-state index is 9.24. The summed E-state index contributed by atoms with van der Waals surface area (Å²) in [5.74, 6) is 0.862. The Balaban J connectivity index is 3.54. The maximum Gasteiger partial charge on any atom is 0.0512 e. The second-order valence-electron chi connectivity index (χ2n) is 4.58. The summed E-state index contributed by atoms with van der Waals surface area (Å²) in [7, 11) is 0. The van der Waals surface area contributed by atoms with E-state index in [1.165, 1.54) is 44.9 Å². The van der Waals surface area contributed by atoms with Gasteiger partial charge in [-0.05, 0) is 25.7 Å². The molecular formula is C13H28O. The van der Waals surface area contributed by atoms with Gasteiger partial charge in [-0.15, -0.1) is 0 Å². The Morgan fingerprint density at radius 2 is 1.57 bits per heavy atom. The third kappa shape index (κ3) is 8.55. The largest absolute Gasteiger partial charge is 0.393 e. The summed E-state index contributed by atoms with van der Waals surface area (Å²) in [5, 5.41) is 9.24. The first kappa shape index (κ1) is 14.0. The van der Waals surface area contributed by atoms with Crippen molar-refractivity contribution >= 4 is 0 Å². The fraction of sp³-hybridized carbons (Fsp3) is 1.00. The van der Waals surface area contributed by atoms with Crippen molar-refractivity contribution in [3.05, 3.63) is 0 Å². The fourth-order valence-corrected chi connectivity index (χ4v) is 2.00. The van der Waals surface area contributed by atoms with Crippen LogP contribution in [-0.4, -0.2) is 11.2 Å². The quantitative estimate of drug-likeness (QED) is 0.554. The Labute approximate surface area is 89.9 Å². The lowest BCUT2D eigenvalue weighted by atomic mass is 9.91. The lowest BCUT2D eigenvalue weighted by molar-refractivity contribution is 0.170. The number of aliphatic hydroxyl groups is 1. The molecule has 0 aromatic carbocycles. The van der Waals surface area contributed by atoms with Gasteiger partial charge in [-0.3, -0.25) is 0 Å². The van der Waals surface area contributed by atoms with Crippen molar-refractivity contribution in [2.24, 2.45) is 5.92 Å². The summed E-state index contributed by atoms with van der Waals surface area (Å²) in [4.78, 5) is 0. The molecule has 0 rings (SSSR count).